The number of carbonyl (C=O) groups is 2. The first kappa shape index (κ1) is 42.9. The summed E-state index contributed by atoms with van der Waals surface area (Å²) in [5.41, 5.74) is 0.431. The maximum atomic E-state index is 13.4. The number of hydrogen-bond acceptors (Lipinski definition) is 5. The first-order chi connectivity index (χ1) is 19.9. The molecule has 0 spiro atoms. The lowest BCUT2D eigenvalue weighted by Crippen LogP contribution is -2.77. The fourth-order valence-electron chi connectivity index (χ4n) is 2.23. The molecule has 0 aromatic carbocycles. The Kier molecular flexibility index (Phi) is 11.7. The third kappa shape index (κ3) is 6.94. The molecule has 46 heavy (non-hydrogen) atoms. The third-order valence-electron chi connectivity index (χ3n) is 5.03. The van der Waals surface area contributed by atoms with Gasteiger partial charge in [-0.2, -0.15) is 92.2 Å². The number of carbonyl (C=O) groups excluding carboxylic acids is 2. The van der Waals surface area contributed by atoms with E-state index in [0.29, 0.717) is 18.8 Å². The number of alkyl halides is 21. The van der Waals surface area contributed by atoms with E-state index in [4.69, 9.17) is 9.47 Å². The van der Waals surface area contributed by atoms with Crippen LogP contribution in [0.1, 0.15) is 6.92 Å². The predicted octanol–water partition coefficient (Wildman–Crippen LogP) is 7.46. The van der Waals surface area contributed by atoms with Crippen LogP contribution in [0.4, 0.5) is 92.2 Å². The van der Waals surface area contributed by atoms with Crippen LogP contribution in [0.3, 0.4) is 0 Å². The highest BCUT2D eigenvalue weighted by Crippen LogP contribution is 2.66. The van der Waals surface area contributed by atoms with Crippen LogP contribution in [-0.2, 0) is 23.8 Å². The Morgan fingerprint density at radius 1 is 0.652 bits per heavy atom. The van der Waals surface area contributed by atoms with E-state index in [-0.39, 0.29) is 12.1 Å². The van der Waals surface area contributed by atoms with E-state index in [1.165, 1.54) is 0 Å². The van der Waals surface area contributed by atoms with Gasteiger partial charge in [0, 0.05) is 11.6 Å². The lowest BCUT2D eigenvalue weighted by molar-refractivity contribution is -0.482. The summed E-state index contributed by atoms with van der Waals surface area (Å²) in [4.78, 5) is 21.1. The van der Waals surface area contributed by atoms with Gasteiger partial charge in [-0.1, -0.05) is 13.2 Å². The molecule has 1 aliphatic heterocycles. The van der Waals surface area contributed by atoms with Crippen LogP contribution in [0.2, 0.25) is 0 Å². The lowest BCUT2D eigenvalue weighted by atomic mass is 9.87. The second-order valence-electron chi connectivity index (χ2n) is 8.57. The second-order valence-corrected chi connectivity index (χ2v) is 8.57. The SMILES string of the molecule is C=C(C)C(=O)OCC1CO1.C=CC(=O)OC(F)(F)C(F)(F)C(F)(F)C(F)(F)C(F)(F)C(F)(F)C(F)(F)C(F)(F)C(F)(F)C(F)(F)F. The van der Waals surface area contributed by atoms with Gasteiger partial charge in [-0.3, -0.25) is 0 Å². The van der Waals surface area contributed by atoms with Crippen LogP contribution < -0.4 is 0 Å². The van der Waals surface area contributed by atoms with Crippen molar-refractivity contribution in [3.05, 3.63) is 24.8 Å². The lowest BCUT2D eigenvalue weighted by Gasteiger charge is -2.44. The van der Waals surface area contributed by atoms with Gasteiger partial charge in [0.05, 0.1) is 6.61 Å². The number of esters is 2. The highest BCUT2D eigenvalue weighted by atomic mass is 19.4. The largest absolute Gasteiger partial charge is 0.473 e. The predicted molar refractivity (Wildman–Crippen MR) is 102 cm³/mol. The zero-order valence-corrected chi connectivity index (χ0v) is 21.5. The van der Waals surface area contributed by atoms with Crippen molar-refractivity contribution in [2.45, 2.75) is 72.7 Å². The van der Waals surface area contributed by atoms with Crippen LogP contribution in [0, 0.1) is 0 Å². The van der Waals surface area contributed by atoms with Gasteiger partial charge < -0.3 is 14.2 Å². The minimum absolute atomic E-state index is 0.142. The monoisotopic (exact) mass is 732 g/mol. The van der Waals surface area contributed by atoms with Crippen molar-refractivity contribution in [2.75, 3.05) is 13.2 Å². The van der Waals surface area contributed by atoms with E-state index in [1.807, 2.05) is 0 Å². The van der Waals surface area contributed by atoms with E-state index in [9.17, 15) is 102 Å². The van der Waals surface area contributed by atoms with E-state index in [2.05, 4.69) is 17.9 Å². The molecule has 1 fully saturated rings. The van der Waals surface area contributed by atoms with E-state index in [1.54, 1.807) is 6.92 Å². The summed E-state index contributed by atoms with van der Waals surface area (Å²) in [6, 6.07) is 0. The fraction of sp³-hybridized carbons (Fsp3) is 0.700. The number of rotatable bonds is 13. The molecule has 1 heterocycles. The van der Waals surface area contributed by atoms with Crippen LogP contribution in [0.15, 0.2) is 24.8 Å². The van der Waals surface area contributed by atoms with Gasteiger partial charge in [-0.05, 0) is 6.92 Å². The summed E-state index contributed by atoms with van der Waals surface area (Å²) >= 11 is 0. The Morgan fingerprint density at radius 3 is 1.22 bits per heavy atom. The summed E-state index contributed by atoms with van der Waals surface area (Å²) in [6.45, 7) is 8.33. The number of halogens is 21. The summed E-state index contributed by atoms with van der Waals surface area (Å²) in [7, 11) is 0. The third-order valence-corrected chi connectivity index (χ3v) is 5.03. The van der Waals surface area contributed by atoms with Gasteiger partial charge in [-0.15, -0.1) is 0 Å². The van der Waals surface area contributed by atoms with Gasteiger partial charge in [0.25, 0.3) is 0 Å². The maximum Gasteiger partial charge on any atom is 0.473 e. The highest BCUT2D eigenvalue weighted by Gasteiger charge is 2.98. The molecule has 0 saturated carbocycles. The molecule has 270 valence electrons. The maximum absolute atomic E-state index is 13.4. The van der Waals surface area contributed by atoms with Crippen LogP contribution in [0.5, 0.6) is 0 Å². The summed E-state index contributed by atoms with van der Waals surface area (Å²) in [5.74, 6) is -74.6. The molecule has 1 atom stereocenters. The molecule has 0 aromatic rings. The van der Waals surface area contributed by atoms with Crippen LogP contribution in [-0.4, -0.2) is 90.9 Å². The summed E-state index contributed by atoms with van der Waals surface area (Å²) < 4.78 is 285. The smallest absolute Gasteiger partial charge is 0.459 e. The number of hydrogen-bond donors (Lipinski definition) is 0. The Morgan fingerprint density at radius 2 is 0.957 bits per heavy atom. The van der Waals surface area contributed by atoms with E-state index >= 15 is 0 Å². The van der Waals surface area contributed by atoms with Crippen molar-refractivity contribution in [1.29, 1.82) is 0 Å². The van der Waals surface area contributed by atoms with Gasteiger partial charge in [0.15, 0.2) is 0 Å². The molecule has 0 radical (unpaired) electrons. The molecule has 0 aromatic heterocycles. The normalized spacial score (nSPS) is 17.4. The summed E-state index contributed by atoms with van der Waals surface area (Å²) in [6.07, 6.45) is -15.9. The molecule has 0 amide bonds. The molecule has 0 bridgehead atoms. The number of ether oxygens (including phenoxy) is 3. The van der Waals surface area contributed by atoms with Crippen LogP contribution in [0.25, 0.3) is 0 Å². The first-order valence-electron chi connectivity index (χ1n) is 10.7. The Bertz CT molecular complexity index is 1150. The minimum Gasteiger partial charge on any atom is -0.459 e. The van der Waals surface area contributed by atoms with Gasteiger partial charge >= 0.3 is 71.6 Å². The van der Waals surface area contributed by atoms with Crippen molar-refractivity contribution in [2.24, 2.45) is 0 Å². The number of epoxide rings is 1. The van der Waals surface area contributed by atoms with Crippen molar-refractivity contribution in [3.8, 4) is 0 Å². The van der Waals surface area contributed by atoms with Gasteiger partial charge in [0.1, 0.15) is 12.7 Å². The average Bonchev–Trinajstić information content (AvgIpc) is 3.70. The zero-order chi connectivity index (χ0) is 37.6. The molecular weight excluding hydrogens is 719 g/mol. The molecule has 0 N–H and O–H groups in total. The molecule has 26 heteroatoms. The molecule has 1 saturated heterocycles. The standard InChI is InChI=1S/C13H3F21O2.C7H10O3/c1-2-3(35)36-13(33,34)11(28,29)9(24,25)7(20,21)5(16,17)4(14,15)6(18,19)8(22,23)10(26,27)12(30,31)32;1-5(2)7(8)10-4-6-3-9-6/h2H,1H2;6H,1,3-4H2,2H3. The fourth-order valence-corrected chi connectivity index (χ4v) is 2.23. The first-order valence-corrected chi connectivity index (χ1v) is 10.7. The second kappa shape index (κ2) is 12.5. The molecule has 1 rings (SSSR count). The topological polar surface area (TPSA) is 65.1 Å². The Hall–Kier alpha value is -3.09. The highest BCUT2D eigenvalue weighted by molar-refractivity contribution is 5.86. The molecule has 0 aliphatic carbocycles. The minimum atomic E-state index is -9.26. The van der Waals surface area contributed by atoms with Gasteiger partial charge in [0.2, 0.25) is 0 Å². The Labute approximate surface area is 239 Å². The average molecular weight is 732 g/mol. The van der Waals surface area contributed by atoms with Crippen molar-refractivity contribution in [1.82, 2.24) is 0 Å². The molecule has 1 unspecified atom stereocenters. The zero-order valence-electron chi connectivity index (χ0n) is 21.5. The van der Waals surface area contributed by atoms with E-state index < -0.39 is 71.7 Å². The Balaban J connectivity index is 0.00000170. The van der Waals surface area contributed by atoms with Crippen molar-refractivity contribution in [3.63, 3.8) is 0 Å². The van der Waals surface area contributed by atoms with Crippen LogP contribution >= 0.6 is 0 Å². The molecule has 5 nitrogen and oxygen atoms in total. The summed E-state index contributed by atoms with van der Waals surface area (Å²) in [5, 5.41) is 0. The molecule has 1 aliphatic rings. The van der Waals surface area contributed by atoms with Gasteiger partial charge in [-0.25, -0.2) is 9.59 Å². The van der Waals surface area contributed by atoms with E-state index in [0.717, 1.165) is 0 Å². The van der Waals surface area contributed by atoms with Crippen molar-refractivity contribution < 1.29 is 116 Å². The van der Waals surface area contributed by atoms with Crippen molar-refractivity contribution >= 4 is 11.9 Å². The molecular formula is C20H13F21O5. The quantitative estimate of drug-likeness (QED) is 0.0853.